The van der Waals surface area contributed by atoms with Crippen LogP contribution in [0.3, 0.4) is 0 Å². The highest BCUT2D eigenvalue weighted by molar-refractivity contribution is 14.1. The predicted octanol–water partition coefficient (Wildman–Crippen LogP) is 3.76. The largest absolute Gasteiger partial charge is 0.461 e. The maximum Gasteiger partial charge on any atom is 0.172 e. The molecule has 3 heteroatoms. The van der Waals surface area contributed by atoms with Crippen molar-refractivity contribution in [3.63, 3.8) is 0 Å². The zero-order valence-electron chi connectivity index (χ0n) is 7.43. The molecule has 2 nitrogen and oxygen atoms in total. The van der Waals surface area contributed by atoms with E-state index in [4.69, 9.17) is 8.83 Å². The minimum absolute atomic E-state index is 0.810. The van der Waals surface area contributed by atoms with Gasteiger partial charge in [-0.15, -0.1) is 0 Å². The maximum absolute atomic E-state index is 5.53. The van der Waals surface area contributed by atoms with Crippen LogP contribution >= 0.6 is 22.6 Å². The van der Waals surface area contributed by atoms with E-state index >= 15 is 0 Å². The smallest absolute Gasteiger partial charge is 0.172 e. The van der Waals surface area contributed by atoms with Crippen molar-refractivity contribution in [1.82, 2.24) is 0 Å². The Bertz CT molecular complexity index is 406. The summed E-state index contributed by atoms with van der Waals surface area (Å²) in [6.45, 7) is 4.02. The van der Waals surface area contributed by atoms with E-state index in [2.05, 4.69) is 22.6 Å². The second-order valence-corrected chi connectivity index (χ2v) is 3.98. The lowest BCUT2D eigenvalue weighted by molar-refractivity contribution is 0.507. The molecule has 2 aromatic rings. The van der Waals surface area contributed by atoms with Crippen molar-refractivity contribution < 1.29 is 8.83 Å². The molecule has 0 fully saturated rings. The molecule has 0 aliphatic heterocycles. The van der Waals surface area contributed by atoms with Gasteiger partial charge in [-0.25, -0.2) is 0 Å². The van der Waals surface area contributed by atoms with Crippen LogP contribution < -0.4 is 0 Å². The van der Waals surface area contributed by atoms with Gasteiger partial charge in [-0.3, -0.25) is 0 Å². The molecule has 0 bridgehead atoms. The summed E-state index contributed by atoms with van der Waals surface area (Å²) in [4.78, 5) is 0. The van der Waals surface area contributed by atoms with Crippen LogP contribution in [0, 0.1) is 17.6 Å². The molecule has 0 aliphatic carbocycles. The SMILES string of the molecule is Cc1cc(-c2occc2C)oc1I. The lowest BCUT2D eigenvalue weighted by Gasteiger charge is -1.90. The summed E-state index contributed by atoms with van der Waals surface area (Å²) in [6, 6.07) is 3.92. The van der Waals surface area contributed by atoms with Crippen molar-refractivity contribution in [3.8, 4) is 11.5 Å². The Labute approximate surface area is 90.1 Å². The van der Waals surface area contributed by atoms with Crippen LogP contribution in [0.15, 0.2) is 27.2 Å². The van der Waals surface area contributed by atoms with E-state index in [-0.39, 0.29) is 0 Å². The Hall–Kier alpha value is -0.710. The van der Waals surface area contributed by atoms with Gasteiger partial charge in [0.25, 0.3) is 0 Å². The Kier molecular flexibility index (Phi) is 2.19. The van der Waals surface area contributed by atoms with Crippen LogP contribution in [0.25, 0.3) is 11.5 Å². The fourth-order valence-electron chi connectivity index (χ4n) is 1.20. The van der Waals surface area contributed by atoms with Crippen molar-refractivity contribution in [2.24, 2.45) is 0 Å². The first-order valence-electron chi connectivity index (χ1n) is 3.99. The minimum Gasteiger partial charge on any atom is -0.461 e. The van der Waals surface area contributed by atoms with E-state index in [1.165, 1.54) is 0 Å². The van der Waals surface area contributed by atoms with Gasteiger partial charge in [-0.1, -0.05) is 0 Å². The summed E-state index contributed by atoms with van der Waals surface area (Å²) < 4.78 is 11.8. The topological polar surface area (TPSA) is 26.3 Å². The molecule has 0 aliphatic rings. The number of hydrogen-bond donors (Lipinski definition) is 0. The van der Waals surface area contributed by atoms with Crippen molar-refractivity contribution in [1.29, 1.82) is 0 Å². The number of halogens is 1. The van der Waals surface area contributed by atoms with Crippen LogP contribution in [-0.2, 0) is 0 Å². The molecule has 0 saturated carbocycles. The molecule has 0 radical (unpaired) electrons. The van der Waals surface area contributed by atoms with Crippen LogP contribution in [0.5, 0.6) is 0 Å². The van der Waals surface area contributed by atoms with Crippen LogP contribution in [0.2, 0.25) is 0 Å². The van der Waals surface area contributed by atoms with Crippen molar-refractivity contribution in [2.45, 2.75) is 13.8 Å². The highest BCUT2D eigenvalue weighted by atomic mass is 127. The minimum atomic E-state index is 0.810. The molecule has 0 amide bonds. The maximum atomic E-state index is 5.53. The van der Waals surface area contributed by atoms with Crippen molar-refractivity contribution >= 4 is 22.6 Å². The molecule has 0 N–H and O–H groups in total. The molecule has 0 aromatic carbocycles. The van der Waals surface area contributed by atoms with Gasteiger partial charge in [-0.2, -0.15) is 0 Å². The Balaban J connectivity index is 2.53. The molecular weight excluding hydrogens is 279 g/mol. The van der Waals surface area contributed by atoms with Crippen molar-refractivity contribution in [3.05, 3.63) is 33.3 Å². The second-order valence-electron chi connectivity index (χ2n) is 3.00. The fourth-order valence-corrected chi connectivity index (χ4v) is 1.59. The Morgan fingerprint density at radius 3 is 2.46 bits per heavy atom. The van der Waals surface area contributed by atoms with Gasteiger partial charge in [0.15, 0.2) is 15.3 Å². The van der Waals surface area contributed by atoms with Gasteiger partial charge in [0.05, 0.1) is 6.26 Å². The Morgan fingerprint density at radius 2 is 2.00 bits per heavy atom. The summed E-state index contributed by atoms with van der Waals surface area (Å²) in [6.07, 6.45) is 1.68. The predicted molar refractivity (Wildman–Crippen MR) is 58.6 cm³/mol. The molecule has 2 aromatic heterocycles. The number of aryl methyl sites for hydroxylation is 2. The average Bonchev–Trinajstić information content (AvgIpc) is 2.60. The molecule has 0 unspecified atom stereocenters. The van der Waals surface area contributed by atoms with E-state index in [9.17, 15) is 0 Å². The third kappa shape index (κ3) is 1.52. The quantitative estimate of drug-likeness (QED) is 0.747. The van der Waals surface area contributed by atoms with Gasteiger partial charge in [0.1, 0.15) is 0 Å². The highest BCUT2D eigenvalue weighted by Crippen LogP contribution is 2.29. The molecule has 13 heavy (non-hydrogen) atoms. The molecule has 68 valence electrons. The van der Waals surface area contributed by atoms with E-state index < -0.39 is 0 Å². The van der Waals surface area contributed by atoms with E-state index in [1.807, 2.05) is 26.0 Å². The van der Waals surface area contributed by atoms with Gasteiger partial charge in [-0.05, 0) is 54.1 Å². The average molecular weight is 288 g/mol. The first-order chi connectivity index (χ1) is 6.18. The van der Waals surface area contributed by atoms with Gasteiger partial charge in [0, 0.05) is 5.56 Å². The van der Waals surface area contributed by atoms with Gasteiger partial charge < -0.3 is 8.83 Å². The van der Waals surface area contributed by atoms with Crippen LogP contribution in [0.1, 0.15) is 11.1 Å². The Morgan fingerprint density at radius 1 is 1.23 bits per heavy atom. The molecule has 0 atom stereocenters. The third-order valence-electron chi connectivity index (χ3n) is 1.94. The fraction of sp³-hybridized carbons (Fsp3) is 0.200. The molecule has 0 spiro atoms. The standard InChI is InChI=1S/C10H9IO2/c1-6-3-4-12-9(6)8-5-7(2)10(11)13-8/h3-5H,1-2H3. The first kappa shape index (κ1) is 8.87. The molecule has 0 saturated heterocycles. The lowest BCUT2D eigenvalue weighted by Crippen LogP contribution is -1.70. The van der Waals surface area contributed by atoms with Crippen molar-refractivity contribution in [2.75, 3.05) is 0 Å². The summed E-state index contributed by atoms with van der Waals surface area (Å²) in [5.74, 6) is 1.63. The molecule has 2 heterocycles. The number of hydrogen-bond acceptors (Lipinski definition) is 2. The number of furan rings is 2. The summed E-state index contributed by atoms with van der Waals surface area (Å²) in [5.41, 5.74) is 2.25. The van der Waals surface area contributed by atoms with E-state index in [0.717, 1.165) is 26.4 Å². The zero-order chi connectivity index (χ0) is 9.42. The summed E-state index contributed by atoms with van der Waals surface area (Å²) in [7, 11) is 0. The third-order valence-corrected chi connectivity index (χ3v) is 3.01. The van der Waals surface area contributed by atoms with E-state index in [1.54, 1.807) is 6.26 Å². The van der Waals surface area contributed by atoms with Gasteiger partial charge in [0.2, 0.25) is 0 Å². The second kappa shape index (κ2) is 3.21. The molecular formula is C10H9IO2. The van der Waals surface area contributed by atoms with Crippen LogP contribution in [0.4, 0.5) is 0 Å². The first-order valence-corrected chi connectivity index (χ1v) is 5.07. The van der Waals surface area contributed by atoms with E-state index in [0.29, 0.717) is 0 Å². The van der Waals surface area contributed by atoms with Crippen LogP contribution in [-0.4, -0.2) is 0 Å². The lowest BCUT2D eigenvalue weighted by atomic mass is 10.2. The summed E-state index contributed by atoms with van der Waals surface area (Å²) in [5, 5.41) is 0. The monoisotopic (exact) mass is 288 g/mol. The summed E-state index contributed by atoms with van der Waals surface area (Å²) >= 11 is 2.17. The zero-order valence-corrected chi connectivity index (χ0v) is 9.58. The number of rotatable bonds is 1. The van der Waals surface area contributed by atoms with Gasteiger partial charge >= 0.3 is 0 Å². The normalized spacial score (nSPS) is 10.7. The highest BCUT2D eigenvalue weighted by Gasteiger charge is 2.11. The molecule has 2 rings (SSSR count).